The monoisotopic (exact) mass is 334 g/mol. The van der Waals surface area contributed by atoms with Gasteiger partial charge in [0.05, 0.1) is 13.2 Å². The molecule has 0 saturated heterocycles. The number of esters is 2. The van der Waals surface area contributed by atoms with E-state index in [0.29, 0.717) is 12.4 Å². The molecule has 7 heteroatoms. The van der Waals surface area contributed by atoms with Gasteiger partial charge in [0.1, 0.15) is 18.5 Å². The molecule has 1 atom stereocenters. The first-order valence-electron chi connectivity index (χ1n) is 7.75. The number of aliphatic hydroxyl groups is 1. The van der Waals surface area contributed by atoms with Crippen molar-refractivity contribution in [1.82, 2.24) is 0 Å². The summed E-state index contributed by atoms with van der Waals surface area (Å²) in [5, 5.41) is 7.94. The summed E-state index contributed by atoms with van der Waals surface area (Å²) < 4.78 is 13.7. The van der Waals surface area contributed by atoms with Gasteiger partial charge in [-0.25, -0.2) is 0 Å². The first-order chi connectivity index (χ1) is 10.8. The minimum absolute atomic E-state index is 0.120. The van der Waals surface area contributed by atoms with Crippen molar-refractivity contribution in [3.63, 3.8) is 0 Å². The molecule has 136 valence electrons. The van der Waals surface area contributed by atoms with Crippen LogP contribution in [0.2, 0.25) is 0 Å². The normalized spacial score (nSPS) is 14.4. The number of ether oxygens (including phenoxy) is 3. The molecule has 1 aliphatic carbocycles. The van der Waals surface area contributed by atoms with E-state index < -0.39 is 0 Å². The van der Waals surface area contributed by atoms with E-state index in [-0.39, 0.29) is 31.3 Å². The third kappa shape index (κ3) is 22.9. The molecule has 1 aliphatic rings. The maximum atomic E-state index is 10.5. The Morgan fingerprint density at radius 1 is 1.13 bits per heavy atom. The molecular formula is C16H30O7. The molecule has 23 heavy (non-hydrogen) atoms. The fraction of sp³-hybridized carbons (Fsp3) is 0.812. The molecule has 1 N–H and O–H groups in total. The summed E-state index contributed by atoms with van der Waals surface area (Å²) in [5.41, 5.74) is 0. The zero-order chi connectivity index (χ0) is 18.1. The van der Waals surface area contributed by atoms with Gasteiger partial charge in [-0.1, -0.05) is 6.42 Å². The Morgan fingerprint density at radius 3 is 1.96 bits per heavy atom. The fourth-order valence-electron chi connectivity index (χ4n) is 1.59. The molecule has 0 aromatic carbocycles. The largest absolute Gasteiger partial charge is 0.462 e. The number of ketones is 1. The zero-order valence-corrected chi connectivity index (χ0v) is 14.6. The predicted molar refractivity (Wildman–Crippen MR) is 84.9 cm³/mol. The van der Waals surface area contributed by atoms with Crippen molar-refractivity contribution < 1.29 is 33.7 Å². The molecule has 0 amide bonds. The summed E-state index contributed by atoms with van der Waals surface area (Å²) in [6, 6.07) is 0. The average molecular weight is 334 g/mol. The van der Waals surface area contributed by atoms with Crippen molar-refractivity contribution in [2.24, 2.45) is 0 Å². The highest BCUT2D eigenvalue weighted by molar-refractivity contribution is 5.78. The van der Waals surface area contributed by atoms with E-state index in [1.54, 1.807) is 14.0 Å². The van der Waals surface area contributed by atoms with E-state index in [4.69, 9.17) is 5.11 Å². The van der Waals surface area contributed by atoms with Crippen molar-refractivity contribution in [3.8, 4) is 0 Å². The van der Waals surface area contributed by atoms with Gasteiger partial charge in [-0.3, -0.25) is 14.4 Å². The second kappa shape index (κ2) is 16.9. The summed E-state index contributed by atoms with van der Waals surface area (Å²) in [5.74, 6) is -0.278. The van der Waals surface area contributed by atoms with Crippen LogP contribution in [0.25, 0.3) is 0 Å². The van der Waals surface area contributed by atoms with Gasteiger partial charge in [0.25, 0.3) is 0 Å². The Bertz CT molecular complexity index is 318. The SMILES string of the molecule is CC(=O)OCC(C)OC(C)=O.COCCO.O=C1CCCCC1. The smallest absolute Gasteiger partial charge is 0.303 e. The minimum Gasteiger partial charge on any atom is -0.462 e. The average Bonchev–Trinajstić information content (AvgIpc) is 2.47. The highest BCUT2D eigenvalue weighted by Gasteiger charge is 2.06. The summed E-state index contributed by atoms with van der Waals surface area (Å²) in [7, 11) is 1.55. The third-order valence-electron chi connectivity index (χ3n) is 2.60. The number of Topliss-reactive ketones (excluding diaryl/α,β-unsaturated/α-hetero) is 1. The van der Waals surface area contributed by atoms with E-state index in [9.17, 15) is 14.4 Å². The third-order valence-corrected chi connectivity index (χ3v) is 2.60. The van der Waals surface area contributed by atoms with Crippen LogP contribution in [0, 0.1) is 0 Å². The van der Waals surface area contributed by atoms with Crippen LogP contribution in [-0.2, 0) is 28.6 Å². The number of hydrogen-bond acceptors (Lipinski definition) is 7. The summed E-state index contributed by atoms with van der Waals surface area (Å²) in [6.07, 6.45) is 4.88. The molecule has 0 aromatic heterocycles. The maximum Gasteiger partial charge on any atom is 0.303 e. The van der Waals surface area contributed by atoms with Crippen LogP contribution in [-0.4, -0.2) is 55.9 Å². The van der Waals surface area contributed by atoms with Gasteiger partial charge < -0.3 is 19.3 Å². The van der Waals surface area contributed by atoms with Gasteiger partial charge in [0.2, 0.25) is 0 Å². The Morgan fingerprint density at radius 2 is 1.70 bits per heavy atom. The Hall–Kier alpha value is -1.47. The topological polar surface area (TPSA) is 99.1 Å². The van der Waals surface area contributed by atoms with Crippen molar-refractivity contribution in [1.29, 1.82) is 0 Å². The van der Waals surface area contributed by atoms with E-state index in [1.165, 1.54) is 20.3 Å². The predicted octanol–water partition coefficient (Wildman–Crippen LogP) is 1.65. The highest BCUT2D eigenvalue weighted by Crippen LogP contribution is 2.12. The zero-order valence-electron chi connectivity index (χ0n) is 14.6. The quantitative estimate of drug-likeness (QED) is 0.763. The van der Waals surface area contributed by atoms with Crippen LogP contribution in [0.5, 0.6) is 0 Å². The first-order valence-corrected chi connectivity index (χ1v) is 7.75. The molecule has 0 bridgehead atoms. The number of aliphatic hydroxyl groups excluding tert-OH is 1. The lowest BCUT2D eigenvalue weighted by atomic mass is 10.00. The van der Waals surface area contributed by atoms with Gasteiger partial charge in [0.15, 0.2) is 0 Å². The lowest BCUT2D eigenvalue weighted by Gasteiger charge is -2.10. The summed E-state index contributed by atoms with van der Waals surface area (Å²) in [4.78, 5) is 31.1. The maximum absolute atomic E-state index is 10.5. The molecule has 0 aromatic rings. The number of rotatable bonds is 5. The highest BCUT2D eigenvalue weighted by atomic mass is 16.6. The molecule has 7 nitrogen and oxygen atoms in total. The molecule has 0 aliphatic heterocycles. The molecule has 0 radical (unpaired) electrons. The molecular weight excluding hydrogens is 304 g/mol. The fourth-order valence-corrected chi connectivity index (χ4v) is 1.59. The van der Waals surface area contributed by atoms with E-state index in [1.807, 2.05) is 0 Å². The standard InChI is InChI=1S/C7H12O4.C6H10O.C3H8O2/c1-5(11-7(3)9)4-10-6(2)8;7-6-4-2-1-3-5-6;1-5-3-2-4/h5H,4H2,1-3H3;1-5H2;4H,2-3H2,1H3. The van der Waals surface area contributed by atoms with Crippen LogP contribution >= 0.6 is 0 Å². The van der Waals surface area contributed by atoms with E-state index >= 15 is 0 Å². The molecule has 0 heterocycles. The summed E-state index contributed by atoms with van der Waals surface area (Å²) >= 11 is 0. The van der Waals surface area contributed by atoms with Crippen LogP contribution in [0.3, 0.4) is 0 Å². The van der Waals surface area contributed by atoms with Crippen LogP contribution in [0.1, 0.15) is 52.9 Å². The van der Waals surface area contributed by atoms with Crippen LogP contribution in [0.15, 0.2) is 0 Å². The van der Waals surface area contributed by atoms with E-state index in [2.05, 4.69) is 14.2 Å². The molecule has 0 spiro atoms. The molecule has 1 fully saturated rings. The Balaban J connectivity index is 0. The van der Waals surface area contributed by atoms with Gasteiger partial charge >= 0.3 is 11.9 Å². The molecule has 1 saturated carbocycles. The van der Waals surface area contributed by atoms with Crippen molar-refractivity contribution in [3.05, 3.63) is 0 Å². The lowest BCUT2D eigenvalue weighted by molar-refractivity contribution is -0.155. The van der Waals surface area contributed by atoms with E-state index in [0.717, 1.165) is 25.7 Å². The second-order valence-corrected chi connectivity index (χ2v) is 5.04. The number of carbonyl (C=O) groups is 3. The molecule has 1 rings (SSSR count). The van der Waals surface area contributed by atoms with Gasteiger partial charge in [-0.2, -0.15) is 0 Å². The summed E-state index contributed by atoms with van der Waals surface area (Å²) in [6.45, 7) is 4.96. The van der Waals surface area contributed by atoms with Gasteiger partial charge in [-0.05, 0) is 19.8 Å². The van der Waals surface area contributed by atoms with Gasteiger partial charge in [-0.15, -0.1) is 0 Å². The van der Waals surface area contributed by atoms with Crippen LogP contribution < -0.4 is 0 Å². The minimum atomic E-state index is -0.371. The van der Waals surface area contributed by atoms with Gasteiger partial charge in [0, 0.05) is 33.8 Å². The van der Waals surface area contributed by atoms with Crippen molar-refractivity contribution in [2.45, 2.75) is 59.0 Å². The van der Waals surface area contributed by atoms with Crippen molar-refractivity contribution in [2.75, 3.05) is 26.9 Å². The number of carbonyl (C=O) groups excluding carboxylic acids is 3. The lowest BCUT2D eigenvalue weighted by Crippen LogP contribution is -2.19. The Labute approximate surface area is 138 Å². The van der Waals surface area contributed by atoms with Crippen LogP contribution in [0.4, 0.5) is 0 Å². The Kier molecular flexibility index (Phi) is 17.5. The molecule has 1 unspecified atom stereocenters. The second-order valence-electron chi connectivity index (χ2n) is 5.04. The van der Waals surface area contributed by atoms with Crippen molar-refractivity contribution >= 4 is 17.7 Å². The first kappa shape index (κ1) is 23.8. The number of methoxy groups -OCH3 is 1. The number of hydrogen-bond donors (Lipinski definition) is 1.